The minimum absolute atomic E-state index is 0.0356. The van der Waals surface area contributed by atoms with Gasteiger partial charge in [0.2, 0.25) is 0 Å². The number of hydrogen-bond acceptors (Lipinski definition) is 4. The molecule has 0 aliphatic rings. The van der Waals surface area contributed by atoms with Gasteiger partial charge in [0.05, 0.1) is 6.54 Å². The van der Waals surface area contributed by atoms with Gasteiger partial charge in [0.25, 0.3) is 5.56 Å². The first kappa shape index (κ1) is 14.6. The molecule has 0 saturated carbocycles. The molecular weight excluding hydrogens is 277 g/mol. The minimum atomic E-state index is -0.625. The van der Waals surface area contributed by atoms with E-state index in [2.05, 4.69) is 5.16 Å². The van der Waals surface area contributed by atoms with Crippen molar-refractivity contribution in [3.05, 3.63) is 64.3 Å². The van der Waals surface area contributed by atoms with E-state index in [4.69, 9.17) is 15.7 Å². The highest BCUT2D eigenvalue weighted by Crippen LogP contribution is 2.18. The highest BCUT2D eigenvalue weighted by Gasteiger charge is 2.07. The Balaban J connectivity index is 2.01. The Hall–Kier alpha value is -2.83. The van der Waals surface area contributed by atoms with E-state index in [0.717, 1.165) is 6.07 Å². The summed E-state index contributed by atoms with van der Waals surface area (Å²) in [6.07, 6.45) is 1.63. The Labute approximate surface area is 119 Å². The van der Waals surface area contributed by atoms with Crippen LogP contribution >= 0.6 is 0 Å². The van der Waals surface area contributed by atoms with Gasteiger partial charge in [-0.15, -0.1) is 0 Å². The number of nitrogens with two attached hydrogens (primary N) is 1. The number of pyridine rings is 1. The monoisotopic (exact) mass is 291 g/mol. The molecule has 0 unspecified atom stereocenters. The van der Waals surface area contributed by atoms with E-state index in [9.17, 15) is 9.18 Å². The van der Waals surface area contributed by atoms with Gasteiger partial charge in [-0.2, -0.15) is 0 Å². The highest BCUT2D eigenvalue weighted by atomic mass is 19.1. The van der Waals surface area contributed by atoms with Crippen LogP contribution in [0.1, 0.15) is 5.56 Å². The number of oxime groups is 1. The topological polar surface area (TPSA) is 89.8 Å². The molecule has 0 bridgehead atoms. The van der Waals surface area contributed by atoms with Crippen LogP contribution in [0.5, 0.6) is 5.75 Å². The zero-order valence-electron chi connectivity index (χ0n) is 11.1. The van der Waals surface area contributed by atoms with Crippen molar-refractivity contribution in [3.63, 3.8) is 0 Å². The molecule has 3 N–H and O–H groups in total. The quantitative estimate of drug-likeness (QED) is 0.374. The van der Waals surface area contributed by atoms with Crippen LogP contribution < -0.4 is 16.0 Å². The van der Waals surface area contributed by atoms with Gasteiger partial charge in [0.15, 0.2) is 17.4 Å². The Bertz CT molecular complexity index is 713. The molecule has 0 fully saturated rings. The normalized spacial score (nSPS) is 11.4. The van der Waals surface area contributed by atoms with Gasteiger partial charge in [-0.25, -0.2) is 4.39 Å². The molecule has 2 rings (SSSR count). The first-order chi connectivity index (χ1) is 10.1. The fourth-order valence-corrected chi connectivity index (χ4v) is 1.73. The molecule has 1 aromatic carbocycles. The van der Waals surface area contributed by atoms with Gasteiger partial charge in [0.1, 0.15) is 6.61 Å². The van der Waals surface area contributed by atoms with E-state index in [1.807, 2.05) is 0 Å². The summed E-state index contributed by atoms with van der Waals surface area (Å²) < 4.78 is 20.5. The van der Waals surface area contributed by atoms with Crippen LogP contribution in [0.4, 0.5) is 4.39 Å². The maximum absolute atomic E-state index is 13.8. The summed E-state index contributed by atoms with van der Waals surface area (Å²) in [6.45, 7) is 0.449. The molecule has 6 nitrogen and oxygen atoms in total. The van der Waals surface area contributed by atoms with Gasteiger partial charge >= 0.3 is 0 Å². The van der Waals surface area contributed by atoms with E-state index in [-0.39, 0.29) is 29.3 Å². The van der Waals surface area contributed by atoms with E-state index >= 15 is 0 Å². The van der Waals surface area contributed by atoms with Crippen LogP contribution in [-0.4, -0.2) is 22.2 Å². The summed E-state index contributed by atoms with van der Waals surface area (Å²) >= 11 is 0. The van der Waals surface area contributed by atoms with Crippen LogP contribution in [0.25, 0.3) is 0 Å². The van der Waals surface area contributed by atoms with Gasteiger partial charge < -0.3 is 20.2 Å². The van der Waals surface area contributed by atoms with Crippen molar-refractivity contribution in [3.8, 4) is 5.75 Å². The van der Waals surface area contributed by atoms with E-state index < -0.39 is 5.82 Å². The lowest BCUT2D eigenvalue weighted by Gasteiger charge is -2.09. The standard InChI is InChI=1S/C14H14FN3O3/c15-11-9-10(14(16)17-20)4-5-12(11)21-8-7-18-6-2-1-3-13(18)19/h1-6,9,20H,7-8H2,(H2,16,17). The first-order valence-electron chi connectivity index (χ1n) is 6.17. The van der Waals surface area contributed by atoms with Crippen molar-refractivity contribution in [2.24, 2.45) is 10.9 Å². The maximum atomic E-state index is 13.8. The van der Waals surface area contributed by atoms with Gasteiger partial charge in [0, 0.05) is 17.8 Å². The second kappa shape index (κ2) is 6.56. The van der Waals surface area contributed by atoms with Gasteiger partial charge in [-0.1, -0.05) is 11.2 Å². The lowest BCUT2D eigenvalue weighted by atomic mass is 10.2. The Morgan fingerprint density at radius 3 is 2.86 bits per heavy atom. The van der Waals surface area contributed by atoms with Crippen molar-refractivity contribution in [1.29, 1.82) is 0 Å². The molecule has 0 radical (unpaired) electrons. The number of hydrogen-bond donors (Lipinski definition) is 2. The average molecular weight is 291 g/mol. The van der Waals surface area contributed by atoms with Crippen LogP contribution in [0, 0.1) is 5.82 Å². The molecule has 0 atom stereocenters. The molecule has 7 heteroatoms. The Morgan fingerprint density at radius 1 is 1.38 bits per heavy atom. The molecular formula is C14H14FN3O3. The zero-order chi connectivity index (χ0) is 15.2. The van der Waals surface area contributed by atoms with E-state index in [0.29, 0.717) is 6.54 Å². The molecule has 21 heavy (non-hydrogen) atoms. The van der Waals surface area contributed by atoms with Gasteiger partial charge in [-0.3, -0.25) is 4.79 Å². The summed E-state index contributed by atoms with van der Waals surface area (Å²) in [7, 11) is 0. The second-order valence-electron chi connectivity index (χ2n) is 4.21. The second-order valence-corrected chi connectivity index (χ2v) is 4.21. The minimum Gasteiger partial charge on any atom is -0.489 e. The number of aromatic nitrogens is 1. The number of nitrogens with zero attached hydrogens (tertiary/aromatic N) is 2. The van der Waals surface area contributed by atoms with E-state index in [1.54, 1.807) is 18.3 Å². The SMILES string of the molecule is N/C(=N/O)c1ccc(OCCn2ccccc2=O)c(F)c1. The fraction of sp³-hybridized carbons (Fsp3) is 0.143. The number of amidine groups is 1. The fourth-order valence-electron chi connectivity index (χ4n) is 1.73. The van der Waals surface area contributed by atoms with Crippen molar-refractivity contribution in [2.75, 3.05) is 6.61 Å². The smallest absolute Gasteiger partial charge is 0.250 e. The lowest BCUT2D eigenvalue weighted by molar-refractivity contribution is 0.282. The summed E-state index contributed by atoms with van der Waals surface area (Å²) in [5, 5.41) is 11.3. The van der Waals surface area contributed by atoms with Crippen LogP contribution in [0.3, 0.4) is 0 Å². The maximum Gasteiger partial charge on any atom is 0.250 e. The molecule has 0 aliphatic carbocycles. The van der Waals surface area contributed by atoms with Crippen molar-refractivity contribution in [2.45, 2.75) is 6.54 Å². The third kappa shape index (κ3) is 3.59. The predicted octanol–water partition coefficient (Wildman–Crippen LogP) is 1.16. The third-order valence-corrected chi connectivity index (χ3v) is 2.82. The summed E-state index contributed by atoms with van der Waals surface area (Å²) in [5.41, 5.74) is 5.46. The van der Waals surface area contributed by atoms with Crippen LogP contribution in [-0.2, 0) is 6.54 Å². The lowest BCUT2D eigenvalue weighted by Crippen LogP contribution is -2.21. The molecule has 0 saturated heterocycles. The number of halogens is 1. The molecule has 1 aromatic heterocycles. The molecule has 1 heterocycles. The average Bonchev–Trinajstić information content (AvgIpc) is 2.50. The highest BCUT2D eigenvalue weighted by molar-refractivity contribution is 5.97. The molecule has 0 spiro atoms. The molecule has 0 amide bonds. The predicted molar refractivity (Wildman–Crippen MR) is 75.1 cm³/mol. The number of benzene rings is 1. The largest absolute Gasteiger partial charge is 0.489 e. The molecule has 0 aliphatic heterocycles. The van der Waals surface area contributed by atoms with Crippen molar-refractivity contribution < 1.29 is 14.3 Å². The number of ether oxygens (including phenoxy) is 1. The Morgan fingerprint density at radius 2 is 2.19 bits per heavy atom. The Kier molecular flexibility index (Phi) is 4.55. The molecule has 110 valence electrons. The summed E-state index contributed by atoms with van der Waals surface area (Å²) in [6, 6.07) is 8.78. The zero-order valence-corrected chi connectivity index (χ0v) is 11.1. The third-order valence-electron chi connectivity index (χ3n) is 2.82. The van der Waals surface area contributed by atoms with Gasteiger partial charge in [-0.05, 0) is 24.3 Å². The number of rotatable bonds is 5. The van der Waals surface area contributed by atoms with Crippen molar-refractivity contribution >= 4 is 5.84 Å². The summed E-state index contributed by atoms with van der Waals surface area (Å²) in [4.78, 5) is 11.5. The van der Waals surface area contributed by atoms with Crippen LogP contribution in [0.15, 0.2) is 52.5 Å². The van der Waals surface area contributed by atoms with E-state index in [1.165, 1.54) is 22.8 Å². The first-order valence-corrected chi connectivity index (χ1v) is 6.17. The van der Waals surface area contributed by atoms with Crippen molar-refractivity contribution in [1.82, 2.24) is 4.57 Å². The van der Waals surface area contributed by atoms with Crippen LogP contribution in [0.2, 0.25) is 0 Å². The molecule has 2 aromatic rings. The summed E-state index contributed by atoms with van der Waals surface area (Å²) in [5.74, 6) is -0.774.